The van der Waals surface area contributed by atoms with Crippen LogP contribution in [-0.4, -0.2) is 17.9 Å². The maximum atomic E-state index is 12.8. The largest absolute Gasteiger partial charge is 0.373 e. The number of amides is 2. The molecule has 1 atom stereocenters. The molecule has 1 saturated heterocycles. The van der Waals surface area contributed by atoms with Crippen molar-refractivity contribution in [3.8, 4) is 0 Å². The summed E-state index contributed by atoms with van der Waals surface area (Å²) in [6, 6.07) is 13.1. The number of hydrogen-bond acceptors (Lipinski definition) is 3. The Kier molecular flexibility index (Phi) is 4.38. The fraction of sp³-hybridized carbons (Fsp3) is 0.300. The van der Waals surface area contributed by atoms with Gasteiger partial charge >= 0.3 is 0 Å². The van der Waals surface area contributed by atoms with Crippen molar-refractivity contribution < 1.29 is 9.59 Å². The van der Waals surface area contributed by atoms with Gasteiger partial charge in [-0.2, -0.15) is 0 Å². The van der Waals surface area contributed by atoms with Crippen molar-refractivity contribution in [3.05, 3.63) is 59.2 Å². The summed E-state index contributed by atoms with van der Waals surface area (Å²) in [5.74, 6) is -0.344. The molecule has 0 unspecified atom stereocenters. The monoisotopic (exact) mass is 322 g/mol. The van der Waals surface area contributed by atoms with Gasteiger partial charge in [-0.15, -0.1) is 0 Å². The molecule has 3 rings (SSSR count). The molecule has 2 amide bonds. The molecule has 4 heteroatoms. The Morgan fingerprint density at radius 3 is 2.54 bits per heavy atom. The minimum Gasteiger partial charge on any atom is -0.373 e. The lowest BCUT2D eigenvalue weighted by atomic mass is 10.1. The Balaban J connectivity index is 1.85. The Bertz CT molecular complexity index is 798. The Morgan fingerprint density at radius 1 is 1.08 bits per heavy atom. The molecule has 24 heavy (non-hydrogen) atoms. The predicted molar refractivity (Wildman–Crippen MR) is 96.3 cm³/mol. The summed E-state index contributed by atoms with van der Waals surface area (Å²) < 4.78 is 0. The standard InChI is InChI=1S/C20H22N2O2/c1-4-15-7-5-6-8-17(15)21-18-12-19(23)22(20(18)24)16-10-9-13(2)14(3)11-16/h5-11,18,21H,4,12H2,1-3H3/t18-/m0/s1. The molecule has 0 aromatic heterocycles. The van der Waals surface area contributed by atoms with Crippen molar-refractivity contribution in [1.82, 2.24) is 0 Å². The molecular weight excluding hydrogens is 300 g/mol. The lowest BCUT2D eigenvalue weighted by Gasteiger charge is -2.18. The summed E-state index contributed by atoms with van der Waals surface area (Å²) in [5, 5.41) is 3.25. The third kappa shape index (κ3) is 2.92. The van der Waals surface area contributed by atoms with Gasteiger partial charge in [-0.05, 0) is 55.2 Å². The van der Waals surface area contributed by atoms with Crippen LogP contribution in [-0.2, 0) is 16.0 Å². The van der Waals surface area contributed by atoms with Crippen LogP contribution >= 0.6 is 0 Å². The molecule has 0 spiro atoms. The van der Waals surface area contributed by atoms with Crippen LogP contribution in [0.15, 0.2) is 42.5 Å². The summed E-state index contributed by atoms with van der Waals surface area (Å²) in [6.07, 6.45) is 1.06. The van der Waals surface area contributed by atoms with Crippen LogP contribution in [0.25, 0.3) is 0 Å². The number of imide groups is 1. The van der Waals surface area contributed by atoms with Gasteiger partial charge in [0.1, 0.15) is 6.04 Å². The Hall–Kier alpha value is -2.62. The second-order valence-corrected chi connectivity index (χ2v) is 6.25. The first kappa shape index (κ1) is 16.2. The summed E-state index contributed by atoms with van der Waals surface area (Å²) in [6.45, 7) is 6.07. The summed E-state index contributed by atoms with van der Waals surface area (Å²) in [5.41, 5.74) is 4.93. The van der Waals surface area contributed by atoms with E-state index in [1.54, 1.807) is 0 Å². The van der Waals surface area contributed by atoms with Crippen molar-refractivity contribution in [2.24, 2.45) is 0 Å². The van der Waals surface area contributed by atoms with Gasteiger partial charge in [0.15, 0.2) is 0 Å². The number of para-hydroxylation sites is 1. The molecule has 1 fully saturated rings. The fourth-order valence-corrected chi connectivity index (χ4v) is 3.04. The number of benzene rings is 2. The molecular formula is C20H22N2O2. The first-order chi connectivity index (χ1) is 11.5. The van der Waals surface area contributed by atoms with E-state index in [2.05, 4.69) is 12.2 Å². The molecule has 0 bridgehead atoms. The minimum absolute atomic E-state index is 0.158. The van der Waals surface area contributed by atoms with Gasteiger partial charge in [0.05, 0.1) is 12.1 Å². The zero-order chi connectivity index (χ0) is 17.3. The van der Waals surface area contributed by atoms with Gasteiger partial charge in [-0.1, -0.05) is 31.2 Å². The average molecular weight is 322 g/mol. The molecule has 2 aromatic carbocycles. The molecule has 0 aliphatic carbocycles. The number of carbonyl (C=O) groups is 2. The van der Waals surface area contributed by atoms with E-state index in [0.717, 1.165) is 28.8 Å². The minimum atomic E-state index is -0.508. The second kappa shape index (κ2) is 6.48. The smallest absolute Gasteiger partial charge is 0.256 e. The Morgan fingerprint density at radius 2 is 1.83 bits per heavy atom. The highest BCUT2D eigenvalue weighted by Gasteiger charge is 2.39. The first-order valence-corrected chi connectivity index (χ1v) is 8.29. The highest BCUT2D eigenvalue weighted by Crippen LogP contribution is 2.27. The van der Waals surface area contributed by atoms with E-state index in [-0.39, 0.29) is 18.2 Å². The third-order valence-electron chi connectivity index (χ3n) is 4.62. The van der Waals surface area contributed by atoms with Crippen LogP contribution in [0.5, 0.6) is 0 Å². The normalized spacial score (nSPS) is 17.5. The van der Waals surface area contributed by atoms with E-state index in [1.807, 2.05) is 56.3 Å². The van der Waals surface area contributed by atoms with E-state index in [0.29, 0.717) is 5.69 Å². The van der Waals surface area contributed by atoms with E-state index in [4.69, 9.17) is 0 Å². The molecule has 1 aliphatic rings. The maximum Gasteiger partial charge on any atom is 0.256 e. The summed E-state index contributed by atoms with van der Waals surface area (Å²) in [4.78, 5) is 26.5. The van der Waals surface area contributed by atoms with Crippen LogP contribution in [0, 0.1) is 13.8 Å². The van der Waals surface area contributed by atoms with Gasteiger partial charge in [0.2, 0.25) is 5.91 Å². The maximum absolute atomic E-state index is 12.8. The molecule has 0 radical (unpaired) electrons. The van der Waals surface area contributed by atoms with Crippen molar-refractivity contribution >= 4 is 23.2 Å². The number of hydrogen-bond donors (Lipinski definition) is 1. The second-order valence-electron chi connectivity index (χ2n) is 6.25. The van der Waals surface area contributed by atoms with E-state index < -0.39 is 6.04 Å². The average Bonchev–Trinajstić information content (AvgIpc) is 2.85. The lowest BCUT2D eigenvalue weighted by Crippen LogP contribution is -2.35. The van der Waals surface area contributed by atoms with Crippen molar-refractivity contribution in [1.29, 1.82) is 0 Å². The van der Waals surface area contributed by atoms with Gasteiger partial charge in [-0.3, -0.25) is 9.59 Å². The molecule has 1 heterocycles. The van der Waals surface area contributed by atoms with Crippen LogP contribution in [0.3, 0.4) is 0 Å². The zero-order valence-corrected chi connectivity index (χ0v) is 14.3. The first-order valence-electron chi connectivity index (χ1n) is 8.29. The third-order valence-corrected chi connectivity index (χ3v) is 4.62. The predicted octanol–water partition coefficient (Wildman–Crippen LogP) is 3.61. The highest BCUT2D eigenvalue weighted by atomic mass is 16.2. The zero-order valence-electron chi connectivity index (χ0n) is 14.3. The molecule has 0 saturated carbocycles. The number of anilines is 2. The van der Waals surface area contributed by atoms with Crippen LogP contribution in [0.2, 0.25) is 0 Å². The van der Waals surface area contributed by atoms with Crippen molar-refractivity contribution in [3.63, 3.8) is 0 Å². The highest BCUT2D eigenvalue weighted by molar-refractivity contribution is 6.23. The Labute approximate surface area is 142 Å². The van der Waals surface area contributed by atoms with Gasteiger partial charge in [0.25, 0.3) is 5.91 Å². The fourth-order valence-electron chi connectivity index (χ4n) is 3.04. The molecule has 1 aliphatic heterocycles. The van der Waals surface area contributed by atoms with E-state index in [1.165, 1.54) is 4.90 Å². The molecule has 1 N–H and O–H groups in total. The molecule has 2 aromatic rings. The topological polar surface area (TPSA) is 49.4 Å². The lowest BCUT2D eigenvalue weighted by molar-refractivity contribution is -0.121. The van der Waals surface area contributed by atoms with Crippen LogP contribution < -0.4 is 10.2 Å². The van der Waals surface area contributed by atoms with E-state index >= 15 is 0 Å². The van der Waals surface area contributed by atoms with Crippen molar-refractivity contribution in [2.45, 2.75) is 39.7 Å². The van der Waals surface area contributed by atoms with Gasteiger partial charge < -0.3 is 5.32 Å². The number of nitrogens with zero attached hydrogens (tertiary/aromatic N) is 1. The van der Waals surface area contributed by atoms with Crippen LogP contribution in [0.4, 0.5) is 11.4 Å². The summed E-state index contributed by atoms with van der Waals surface area (Å²) in [7, 11) is 0. The molecule has 4 nitrogen and oxygen atoms in total. The molecule has 124 valence electrons. The van der Waals surface area contributed by atoms with Crippen LogP contribution in [0.1, 0.15) is 30.0 Å². The van der Waals surface area contributed by atoms with Gasteiger partial charge in [-0.25, -0.2) is 4.90 Å². The number of nitrogens with one attached hydrogen (secondary N) is 1. The van der Waals surface area contributed by atoms with Gasteiger partial charge in [0, 0.05) is 5.69 Å². The quantitative estimate of drug-likeness (QED) is 0.875. The van der Waals surface area contributed by atoms with Crippen molar-refractivity contribution in [2.75, 3.05) is 10.2 Å². The number of carbonyl (C=O) groups excluding carboxylic acids is 2. The number of rotatable bonds is 4. The number of aryl methyl sites for hydroxylation is 3. The SMILES string of the molecule is CCc1ccccc1N[C@H]1CC(=O)N(c2ccc(C)c(C)c2)C1=O. The summed E-state index contributed by atoms with van der Waals surface area (Å²) >= 11 is 0. The van der Waals surface area contributed by atoms with E-state index in [9.17, 15) is 9.59 Å².